The summed E-state index contributed by atoms with van der Waals surface area (Å²) in [4.78, 5) is 30.9. The third kappa shape index (κ3) is 5.32. The molecule has 2 N–H and O–H groups in total. The fourth-order valence-corrected chi connectivity index (χ4v) is 8.19. The molecule has 9 nitrogen and oxygen atoms in total. The number of halogens is 5. The molecule has 3 aliphatic rings. The van der Waals surface area contributed by atoms with E-state index in [2.05, 4.69) is 26.4 Å². The van der Waals surface area contributed by atoms with Gasteiger partial charge in [-0.2, -0.15) is 23.1 Å². The van der Waals surface area contributed by atoms with Crippen LogP contribution in [0.15, 0.2) is 30.9 Å². The van der Waals surface area contributed by atoms with Crippen molar-refractivity contribution in [1.29, 1.82) is 0 Å². The van der Waals surface area contributed by atoms with Gasteiger partial charge in [-0.15, -0.1) is 0 Å². The number of likely N-dealkylation sites (tertiary alicyclic amines) is 1. The van der Waals surface area contributed by atoms with Gasteiger partial charge in [0.15, 0.2) is 10.9 Å². The van der Waals surface area contributed by atoms with Crippen LogP contribution in [-0.4, -0.2) is 82.1 Å². The van der Waals surface area contributed by atoms with Crippen molar-refractivity contribution in [1.82, 2.24) is 24.8 Å². The van der Waals surface area contributed by atoms with Crippen LogP contribution in [0, 0.1) is 11.6 Å². The third-order valence-corrected chi connectivity index (χ3v) is 10.7. The van der Waals surface area contributed by atoms with Gasteiger partial charge in [-0.25, -0.2) is 13.8 Å². The van der Waals surface area contributed by atoms with Crippen LogP contribution in [0.1, 0.15) is 37.7 Å². The Kier molecular flexibility index (Phi) is 7.73. The number of thiazole rings is 1. The summed E-state index contributed by atoms with van der Waals surface area (Å²) in [7, 11) is 1.65. The zero-order valence-corrected chi connectivity index (χ0v) is 26.4. The van der Waals surface area contributed by atoms with Gasteiger partial charge in [-0.1, -0.05) is 17.9 Å². The molecule has 1 atom stereocenters. The van der Waals surface area contributed by atoms with Gasteiger partial charge in [0, 0.05) is 42.7 Å². The summed E-state index contributed by atoms with van der Waals surface area (Å²) in [6, 6.07) is 2.35. The number of anilines is 2. The second-order valence-electron chi connectivity index (χ2n) is 12.4. The number of aromatic nitrogens is 3. The number of amides is 1. The maximum atomic E-state index is 16.9. The molecule has 3 fully saturated rings. The summed E-state index contributed by atoms with van der Waals surface area (Å²) in [6.07, 6.45) is 0.567. The largest absolute Gasteiger partial charge is 0.461 e. The lowest BCUT2D eigenvalue weighted by Gasteiger charge is -2.31. The monoisotopic (exact) mass is 673 g/mol. The second kappa shape index (κ2) is 11.5. The Balaban J connectivity index is 1.41. The minimum absolute atomic E-state index is 0.0354. The maximum Gasteiger partial charge on any atom is 0.417 e. The zero-order valence-electron chi connectivity index (χ0n) is 25.5. The van der Waals surface area contributed by atoms with Crippen molar-refractivity contribution in [2.75, 3.05) is 50.5 Å². The Morgan fingerprint density at radius 1 is 1.17 bits per heavy atom. The van der Waals surface area contributed by atoms with Crippen LogP contribution in [0.4, 0.5) is 32.9 Å². The third-order valence-electron chi connectivity index (χ3n) is 9.79. The summed E-state index contributed by atoms with van der Waals surface area (Å²) >= 11 is 0.760. The van der Waals surface area contributed by atoms with Crippen molar-refractivity contribution >= 4 is 49.3 Å². The molecular weight excluding hydrogens is 641 g/mol. The maximum absolute atomic E-state index is 16.9. The normalized spacial score (nSPS) is 19.5. The summed E-state index contributed by atoms with van der Waals surface area (Å²) in [5.74, 6) is -2.24. The van der Waals surface area contributed by atoms with E-state index in [0.717, 1.165) is 68.3 Å². The number of benzene rings is 2. The number of nitrogens with zero attached hydrogens (tertiary/aromatic N) is 6. The van der Waals surface area contributed by atoms with Crippen molar-refractivity contribution in [3.63, 3.8) is 0 Å². The van der Waals surface area contributed by atoms with E-state index in [1.54, 1.807) is 16.8 Å². The van der Waals surface area contributed by atoms with Gasteiger partial charge in [0.05, 0.1) is 21.3 Å². The molecule has 0 aliphatic carbocycles. The molecule has 0 unspecified atom stereocenters. The highest BCUT2D eigenvalue weighted by molar-refractivity contribution is 7.22. The van der Waals surface area contributed by atoms with Gasteiger partial charge < -0.3 is 20.3 Å². The summed E-state index contributed by atoms with van der Waals surface area (Å²) in [5.41, 5.74) is 2.65. The molecule has 4 aromatic rings. The smallest absolute Gasteiger partial charge is 0.417 e. The molecule has 47 heavy (non-hydrogen) atoms. The van der Waals surface area contributed by atoms with Crippen molar-refractivity contribution < 1.29 is 31.5 Å². The lowest BCUT2D eigenvalue weighted by Crippen LogP contribution is -2.43. The Morgan fingerprint density at radius 3 is 2.62 bits per heavy atom. The predicted molar refractivity (Wildman–Crippen MR) is 169 cm³/mol. The molecule has 0 spiro atoms. The first-order valence-corrected chi connectivity index (χ1v) is 16.2. The van der Waals surface area contributed by atoms with Crippen LogP contribution < -0.4 is 15.4 Å². The van der Waals surface area contributed by atoms with Crippen molar-refractivity contribution in [3.8, 4) is 17.1 Å². The molecule has 5 heterocycles. The number of likely N-dealkylation sites (N-methyl/N-ethyl adjacent to an activating group) is 1. The number of carbonyl (C=O) groups excluding carboxylic acids is 1. The summed E-state index contributed by atoms with van der Waals surface area (Å²) in [6.45, 7) is 6.36. The van der Waals surface area contributed by atoms with Crippen molar-refractivity contribution in [2.45, 2.75) is 49.9 Å². The first-order valence-electron chi connectivity index (χ1n) is 15.4. The number of nitrogen functional groups attached to an aromatic ring is 1. The fourth-order valence-electron chi connectivity index (χ4n) is 7.43. The number of alkyl halides is 3. The van der Waals surface area contributed by atoms with Crippen LogP contribution >= 0.6 is 11.3 Å². The second-order valence-corrected chi connectivity index (χ2v) is 13.4. The first kappa shape index (κ1) is 31.5. The molecule has 7 rings (SSSR count). The van der Waals surface area contributed by atoms with Gasteiger partial charge in [0.25, 0.3) is 0 Å². The van der Waals surface area contributed by atoms with Crippen LogP contribution in [0.5, 0.6) is 6.01 Å². The lowest BCUT2D eigenvalue weighted by atomic mass is 9.95. The topological polar surface area (TPSA) is 101 Å². The zero-order chi connectivity index (χ0) is 33.2. The number of hydrogen-bond donors (Lipinski definition) is 1. The van der Waals surface area contributed by atoms with Gasteiger partial charge in [-0.3, -0.25) is 9.69 Å². The molecule has 1 amide bonds. The molecular formula is C32H32F5N7O2S. The van der Waals surface area contributed by atoms with Gasteiger partial charge in [0.1, 0.15) is 23.8 Å². The molecule has 15 heteroatoms. The lowest BCUT2D eigenvalue weighted by molar-refractivity contribution is -0.137. The van der Waals surface area contributed by atoms with E-state index in [0.29, 0.717) is 13.0 Å². The Hall–Kier alpha value is -4.11. The average Bonchev–Trinajstić information content (AvgIpc) is 3.83. The fraction of sp³-hybridized carbons (Fsp3) is 0.438. The molecule has 3 aliphatic heterocycles. The van der Waals surface area contributed by atoms with Crippen molar-refractivity contribution in [3.05, 3.63) is 48.1 Å². The minimum Gasteiger partial charge on any atom is -0.461 e. The first-order chi connectivity index (χ1) is 22.4. The highest BCUT2D eigenvalue weighted by atomic mass is 32.1. The standard InChI is InChI=1S/C32H32F5N7O2S/c1-3-22(45)43-13-8-17(15-43)42(2)28-19-14-20(32(35,36)37)23(18-6-7-21(33)27-26(18)39-29(38)47-27)24(34)25(19)40-30(41-28)46-16-31-9-4-11-44(31)12-5-10-31/h3,6-7,14,17H,1,4-5,8-13,15-16H2,2H3,(H2,38,39)/t17-/m1/s1. The Morgan fingerprint density at radius 2 is 1.91 bits per heavy atom. The number of fused-ring (bicyclic) bond motifs is 3. The van der Waals surface area contributed by atoms with Crippen LogP contribution in [0.3, 0.4) is 0 Å². The van der Waals surface area contributed by atoms with E-state index in [1.807, 2.05) is 0 Å². The Labute approximate surface area is 270 Å². The van der Waals surface area contributed by atoms with E-state index >= 15 is 4.39 Å². The SMILES string of the molecule is C=CC(=O)N1CC[C@@H](N(C)c2nc(OCC34CCCN3CCC4)nc3c(F)c(-c4ccc(F)c5sc(N)nc45)c(C(F)(F)F)cc23)C1. The van der Waals surface area contributed by atoms with E-state index in [-0.39, 0.29) is 74.3 Å². The molecule has 248 valence electrons. The van der Waals surface area contributed by atoms with Crippen LogP contribution in [-0.2, 0) is 11.0 Å². The predicted octanol–water partition coefficient (Wildman–Crippen LogP) is 6.02. The highest BCUT2D eigenvalue weighted by Gasteiger charge is 2.45. The number of carbonyl (C=O) groups is 1. The number of nitrogens with two attached hydrogens (primary N) is 1. The highest BCUT2D eigenvalue weighted by Crippen LogP contribution is 2.46. The van der Waals surface area contributed by atoms with E-state index in [4.69, 9.17) is 10.5 Å². The van der Waals surface area contributed by atoms with Crippen LogP contribution in [0.2, 0.25) is 0 Å². The van der Waals surface area contributed by atoms with Gasteiger partial charge in [-0.05, 0) is 69.5 Å². The number of rotatable bonds is 7. The van der Waals surface area contributed by atoms with E-state index < -0.39 is 28.9 Å². The summed E-state index contributed by atoms with van der Waals surface area (Å²) < 4.78 is 82.1. The van der Waals surface area contributed by atoms with Crippen molar-refractivity contribution in [2.24, 2.45) is 0 Å². The molecule has 3 saturated heterocycles. The molecule has 2 aromatic heterocycles. The number of ether oxygens (including phenoxy) is 1. The molecule has 0 saturated carbocycles. The molecule has 0 radical (unpaired) electrons. The van der Waals surface area contributed by atoms with E-state index in [9.17, 15) is 22.4 Å². The Bertz CT molecular complexity index is 1900. The molecule has 0 bridgehead atoms. The quantitative estimate of drug-likeness (QED) is 0.188. The van der Waals surface area contributed by atoms with Gasteiger partial charge in [0.2, 0.25) is 5.91 Å². The molecule has 2 aromatic carbocycles. The summed E-state index contributed by atoms with van der Waals surface area (Å²) in [5, 5.41) is -0.254. The van der Waals surface area contributed by atoms with Gasteiger partial charge >= 0.3 is 12.2 Å². The minimum atomic E-state index is -5.02. The number of hydrogen-bond acceptors (Lipinski definition) is 9. The average molecular weight is 674 g/mol. The van der Waals surface area contributed by atoms with Crippen LogP contribution in [0.25, 0.3) is 32.2 Å². The van der Waals surface area contributed by atoms with E-state index in [1.165, 1.54) is 6.08 Å².